The zero-order valence-corrected chi connectivity index (χ0v) is 20.0. The summed E-state index contributed by atoms with van der Waals surface area (Å²) in [6.07, 6.45) is -1.18. The van der Waals surface area contributed by atoms with E-state index < -0.39 is 17.6 Å². The SMILES string of the molecule is O=C(NC1CC1)/C(=C\c1ccc(C(=O)NCc2ccc(C(=O)NO)cc2)cc1)c1ccc(C(F)(F)F)cc1. The molecular formula is C28H24F3N3O4. The standard InChI is InChI=1S/C28H24F3N3O4/c29-28(30,31)22-11-9-19(10-12-22)24(27(37)33-23-13-14-23)15-17-1-5-20(6-2-17)25(35)32-16-18-3-7-21(8-4-18)26(36)34-38/h1-12,15,23,38H,13-14,16H2,(H,32,35)(H,33,37)(H,34,36)/b24-15-. The van der Waals surface area contributed by atoms with E-state index in [1.165, 1.54) is 24.3 Å². The average Bonchev–Trinajstić information content (AvgIpc) is 3.74. The first-order valence-corrected chi connectivity index (χ1v) is 11.8. The summed E-state index contributed by atoms with van der Waals surface area (Å²) in [5, 5.41) is 14.3. The molecule has 4 rings (SSSR count). The summed E-state index contributed by atoms with van der Waals surface area (Å²) in [6, 6.07) is 17.3. The number of rotatable bonds is 8. The number of benzene rings is 3. The van der Waals surface area contributed by atoms with Crippen molar-refractivity contribution in [2.75, 3.05) is 0 Å². The Labute approximate surface area is 216 Å². The van der Waals surface area contributed by atoms with Crippen molar-refractivity contribution in [3.63, 3.8) is 0 Å². The molecule has 0 radical (unpaired) electrons. The molecule has 10 heteroatoms. The molecule has 0 atom stereocenters. The van der Waals surface area contributed by atoms with Gasteiger partial charge in [-0.2, -0.15) is 13.2 Å². The first kappa shape index (κ1) is 26.6. The summed E-state index contributed by atoms with van der Waals surface area (Å²) in [5.41, 5.74) is 3.30. The maximum atomic E-state index is 13.0. The van der Waals surface area contributed by atoms with Gasteiger partial charge in [-0.3, -0.25) is 19.6 Å². The van der Waals surface area contributed by atoms with E-state index in [2.05, 4.69) is 10.6 Å². The monoisotopic (exact) mass is 523 g/mol. The van der Waals surface area contributed by atoms with Gasteiger partial charge < -0.3 is 10.6 Å². The maximum absolute atomic E-state index is 13.0. The van der Waals surface area contributed by atoms with Crippen molar-refractivity contribution >= 4 is 29.4 Å². The molecule has 38 heavy (non-hydrogen) atoms. The molecule has 0 aromatic heterocycles. The number of carbonyl (C=O) groups excluding carboxylic acids is 3. The molecule has 0 unspecified atom stereocenters. The van der Waals surface area contributed by atoms with Crippen LogP contribution in [0.1, 0.15) is 55.8 Å². The van der Waals surface area contributed by atoms with E-state index in [9.17, 15) is 27.6 Å². The molecule has 0 spiro atoms. The van der Waals surface area contributed by atoms with Crippen LogP contribution >= 0.6 is 0 Å². The smallest absolute Gasteiger partial charge is 0.349 e. The van der Waals surface area contributed by atoms with Gasteiger partial charge in [0, 0.05) is 29.3 Å². The molecule has 1 aliphatic rings. The predicted molar refractivity (Wildman–Crippen MR) is 134 cm³/mol. The number of alkyl halides is 3. The van der Waals surface area contributed by atoms with Gasteiger partial charge in [0.15, 0.2) is 0 Å². The van der Waals surface area contributed by atoms with Crippen LogP contribution in [0.25, 0.3) is 11.6 Å². The Hall–Kier alpha value is -4.44. The van der Waals surface area contributed by atoms with Crippen molar-refractivity contribution < 1.29 is 32.8 Å². The predicted octanol–water partition coefficient (Wildman–Crippen LogP) is 4.57. The van der Waals surface area contributed by atoms with Gasteiger partial charge in [0.1, 0.15) is 0 Å². The molecule has 3 aromatic carbocycles. The van der Waals surface area contributed by atoms with Crippen LogP contribution in [0.3, 0.4) is 0 Å². The molecule has 0 bridgehead atoms. The number of carbonyl (C=O) groups is 3. The van der Waals surface area contributed by atoms with E-state index in [-0.39, 0.29) is 35.5 Å². The van der Waals surface area contributed by atoms with Gasteiger partial charge in [0.05, 0.1) is 5.56 Å². The molecule has 0 heterocycles. The maximum Gasteiger partial charge on any atom is 0.416 e. The molecule has 196 valence electrons. The third-order valence-electron chi connectivity index (χ3n) is 5.94. The highest BCUT2D eigenvalue weighted by molar-refractivity contribution is 6.24. The average molecular weight is 524 g/mol. The van der Waals surface area contributed by atoms with E-state index in [0.717, 1.165) is 30.5 Å². The van der Waals surface area contributed by atoms with Crippen molar-refractivity contribution in [1.29, 1.82) is 0 Å². The molecular weight excluding hydrogens is 499 g/mol. The lowest BCUT2D eigenvalue weighted by molar-refractivity contribution is -0.137. The minimum absolute atomic E-state index is 0.0643. The molecule has 3 amide bonds. The van der Waals surface area contributed by atoms with Crippen LogP contribution in [0, 0.1) is 0 Å². The third kappa shape index (κ3) is 6.86. The van der Waals surface area contributed by atoms with Crippen molar-refractivity contribution in [2.24, 2.45) is 0 Å². The number of amides is 3. The van der Waals surface area contributed by atoms with E-state index in [1.54, 1.807) is 48.0 Å². The summed E-state index contributed by atoms with van der Waals surface area (Å²) in [4.78, 5) is 36.8. The molecule has 7 nitrogen and oxygen atoms in total. The number of halogens is 3. The van der Waals surface area contributed by atoms with Gasteiger partial charge in [0.2, 0.25) is 0 Å². The highest BCUT2D eigenvalue weighted by Crippen LogP contribution is 2.31. The van der Waals surface area contributed by atoms with Crippen molar-refractivity contribution in [2.45, 2.75) is 31.6 Å². The van der Waals surface area contributed by atoms with Crippen LogP contribution in [0.2, 0.25) is 0 Å². The Morgan fingerprint density at radius 2 is 1.37 bits per heavy atom. The minimum Gasteiger partial charge on any atom is -0.349 e. The van der Waals surface area contributed by atoms with Crippen LogP contribution in [-0.4, -0.2) is 29.0 Å². The lowest BCUT2D eigenvalue weighted by Crippen LogP contribution is -2.26. The topological polar surface area (TPSA) is 108 Å². The number of hydrogen-bond donors (Lipinski definition) is 4. The largest absolute Gasteiger partial charge is 0.416 e. The summed E-state index contributed by atoms with van der Waals surface area (Å²) in [5.74, 6) is -1.36. The zero-order valence-electron chi connectivity index (χ0n) is 20.0. The van der Waals surface area contributed by atoms with Gasteiger partial charge in [-0.25, -0.2) is 5.48 Å². The normalized spacial score (nSPS) is 13.5. The Morgan fingerprint density at radius 3 is 1.92 bits per heavy atom. The van der Waals surface area contributed by atoms with Gasteiger partial charge in [-0.15, -0.1) is 0 Å². The van der Waals surface area contributed by atoms with Crippen LogP contribution in [-0.2, 0) is 17.5 Å². The first-order valence-electron chi connectivity index (χ1n) is 11.8. The van der Waals surface area contributed by atoms with Crippen LogP contribution in [0.5, 0.6) is 0 Å². The van der Waals surface area contributed by atoms with E-state index >= 15 is 0 Å². The van der Waals surface area contributed by atoms with Gasteiger partial charge >= 0.3 is 6.18 Å². The summed E-state index contributed by atoms with van der Waals surface area (Å²) in [6.45, 7) is 0.209. The molecule has 1 aliphatic carbocycles. The van der Waals surface area contributed by atoms with Gasteiger partial charge in [-0.1, -0.05) is 36.4 Å². The molecule has 0 aliphatic heterocycles. The van der Waals surface area contributed by atoms with Gasteiger partial charge in [0.25, 0.3) is 17.7 Å². The number of nitrogens with one attached hydrogen (secondary N) is 3. The zero-order chi connectivity index (χ0) is 27.3. The van der Waals surface area contributed by atoms with Gasteiger partial charge in [-0.05, 0) is 72.0 Å². The van der Waals surface area contributed by atoms with Crippen molar-refractivity contribution in [3.8, 4) is 0 Å². The molecule has 1 saturated carbocycles. The van der Waals surface area contributed by atoms with Crippen molar-refractivity contribution in [3.05, 3.63) is 106 Å². The van der Waals surface area contributed by atoms with E-state index in [0.29, 0.717) is 16.7 Å². The highest BCUT2D eigenvalue weighted by Gasteiger charge is 2.30. The Balaban J connectivity index is 1.46. The molecule has 0 saturated heterocycles. The Kier molecular flexibility index (Phi) is 7.92. The fourth-order valence-corrected chi connectivity index (χ4v) is 3.63. The fourth-order valence-electron chi connectivity index (χ4n) is 3.63. The molecule has 3 aromatic rings. The summed E-state index contributed by atoms with van der Waals surface area (Å²) >= 11 is 0. The minimum atomic E-state index is -4.48. The van der Waals surface area contributed by atoms with E-state index in [4.69, 9.17) is 5.21 Å². The lowest BCUT2D eigenvalue weighted by atomic mass is 9.99. The number of hydroxylamine groups is 1. The molecule has 1 fully saturated rings. The van der Waals surface area contributed by atoms with Crippen molar-refractivity contribution in [1.82, 2.24) is 16.1 Å². The second-order valence-electron chi connectivity index (χ2n) is 8.82. The molecule has 4 N–H and O–H groups in total. The fraction of sp³-hybridized carbons (Fsp3) is 0.179. The highest BCUT2D eigenvalue weighted by atomic mass is 19.4. The lowest BCUT2D eigenvalue weighted by Gasteiger charge is -2.11. The number of hydrogen-bond acceptors (Lipinski definition) is 4. The van der Waals surface area contributed by atoms with Crippen LogP contribution in [0.4, 0.5) is 13.2 Å². The van der Waals surface area contributed by atoms with E-state index in [1.807, 2.05) is 0 Å². The first-order chi connectivity index (χ1) is 18.1. The summed E-state index contributed by atoms with van der Waals surface area (Å²) in [7, 11) is 0. The second-order valence-corrected chi connectivity index (χ2v) is 8.82. The summed E-state index contributed by atoms with van der Waals surface area (Å²) < 4.78 is 38.9. The van der Waals surface area contributed by atoms with Crippen LogP contribution < -0.4 is 16.1 Å². The Morgan fingerprint density at radius 1 is 0.816 bits per heavy atom. The Bertz CT molecular complexity index is 1350. The van der Waals surface area contributed by atoms with Crippen LogP contribution in [0.15, 0.2) is 72.8 Å². The second kappa shape index (κ2) is 11.3. The quantitative estimate of drug-likeness (QED) is 0.150. The third-order valence-corrected chi connectivity index (χ3v) is 5.94.